The van der Waals surface area contributed by atoms with E-state index in [0.29, 0.717) is 17.5 Å². The summed E-state index contributed by atoms with van der Waals surface area (Å²) in [4.78, 5) is 0. The highest BCUT2D eigenvalue weighted by atomic mass is 19.4. The summed E-state index contributed by atoms with van der Waals surface area (Å²) in [6.07, 6.45) is -4.90. The summed E-state index contributed by atoms with van der Waals surface area (Å²) in [7, 11) is 1.53. The number of rotatable bonds is 4. The van der Waals surface area contributed by atoms with Crippen LogP contribution in [0.3, 0.4) is 0 Å². The van der Waals surface area contributed by atoms with E-state index >= 15 is 0 Å². The van der Waals surface area contributed by atoms with Crippen LogP contribution in [0.25, 0.3) is 0 Å². The minimum atomic E-state index is -4.36. The van der Waals surface area contributed by atoms with Gasteiger partial charge >= 0.3 is 6.18 Å². The lowest BCUT2D eigenvalue weighted by Crippen LogP contribution is -2.25. The molecule has 0 fully saturated rings. The summed E-state index contributed by atoms with van der Waals surface area (Å²) in [6.45, 7) is 5.19. The van der Waals surface area contributed by atoms with Crippen molar-refractivity contribution >= 4 is 0 Å². The number of ether oxygens (including phenoxy) is 1. The maximum Gasteiger partial charge on any atom is 0.416 e. The second kappa shape index (κ2) is 5.51. The van der Waals surface area contributed by atoms with Crippen LogP contribution in [0.15, 0.2) is 18.2 Å². The van der Waals surface area contributed by atoms with Gasteiger partial charge in [-0.2, -0.15) is 13.2 Å². The lowest BCUT2D eigenvalue weighted by Gasteiger charge is -2.27. The molecule has 0 saturated heterocycles. The molecule has 0 spiro atoms. The monoisotopic (exact) mass is 276 g/mol. The van der Waals surface area contributed by atoms with E-state index in [1.165, 1.54) is 13.2 Å². The van der Waals surface area contributed by atoms with Gasteiger partial charge in [0.25, 0.3) is 0 Å². The average molecular weight is 276 g/mol. The Labute approximate surface area is 111 Å². The highest BCUT2D eigenvalue weighted by molar-refractivity contribution is 5.34. The zero-order valence-electron chi connectivity index (χ0n) is 11.5. The number of aliphatic hydroxyl groups excluding tert-OH is 1. The summed E-state index contributed by atoms with van der Waals surface area (Å²) in [5, 5.41) is 10.1. The maximum absolute atomic E-state index is 12.5. The molecule has 0 heterocycles. The molecule has 1 N–H and O–H groups in total. The molecule has 0 saturated carbocycles. The first-order chi connectivity index (χ1) is 8.57. The minimum Gasteiger partial charge on any atom is -0.388 e. The fourth-order valence-corrected chi connectivity index (χ4v) is 1.88. The van der Waals surface area contributed by atoms with Crippen molar-refractivity contribution in [1.29, 1.82) is 0 Å². The molecule has 0 aliphatic heterocycles. The zero-order chi connectivity index (χ0) is 14.8. The van der Waals surface area contributed by atoms with Gasteiger partial charge in [0.2, 0.25) is 0 Å². The molecular weight excluding hydrogens is 257 g/mol. The van der Waals surface area contributed by atoms with Crippen molar-refractivity contribution in [2.75, 3.05) is 7.11 Å². The van der Waals surface area contributed by atoms with Crippen LogP contribution < -0.4 is 0 Å². The molecule has 1 aromatic rings. The number of aryl methyl sites for hydroxylation is 1. The Morgan fingerprint density at radius 1 is 1.26 bits per heavy atom. The number of aliphatic hydroxyl groups is 1. The van der Waals surface area contributed by atoms with Crippen LogP contribution in [0.5, 0.6) is 0 Å². The molecule has 108 valence electrons. The Bertz CT molecular complexity index is 439. The zero-order valence-corrected chi connectivity index (χ0v) is 11.5. The largest absolute Gasteiger partial charge is 0.416 e. The van der Waals surface area contributed by atoms with Gasteiger partial charge in [-0.25, -0.2) is 0 Å². The molecule has 0 amide bonds. The van der Waals surface area contributed by atoms with E-state index in [1.807, 2.05) is 13.8 Å². The first-order valence-electron chi connectivity index (χ1n) is 5.98. The van der Waals surface area contributed by atoms with Crippen molar-refractivity contribution < 1.29 is 23.0 Å². The number of hydrogen-bond acceptors (Lipinski definition) is 2. The van der Waals surface area contributed by atoms with E-state index in [-0.39, 0.29) is 0 Å². The van der Waals surface area contributed by atoms with Gasteiger partial charge in [0.05, 0.1) is 17.3 Å². The van der Waals surface area contributed by atoms with Gasteiger partial charge in [0.1, 0.15) is 0 Å². The van der Waals surface area contributed by atoms with E-state index in [0.717, 1.165) is 12.1 Å². The van der Waals surface area contributed by atoms with Crippen molar-refractivity contribution in [2.24, 2.45) is 0 Å². The second-order valence-electron chi connectivity index (χ2n) is 5.25. The van der Waals surface area contributed by atoms with Gasteiger partial charge in [-0.15, -0.1) is 0 Å². The average Bonchev–Trinajstić information content (AvgIpc) is 2.26. The third-order valence-corrected chi connectivity index (χ3v) is 3.19. The van der Waals surface area contributed by atoms with Gasteiger partial charge in [-0.05, 0) is 44.0 Å². The van der Waals surface area contributed by atoms with E-state index in [1.54, 1.807) is 6.92 Å². The van der Waals surface area contributed by atoms with Crippen LogP contribution in [0.4, 0.5) is 13.2 Å². The van der Waals surface area contributed by atoms with Crippen LogP contribution in [-0.4, -0.2) is 17.8 Å². The predicted octanol–water partition coefficient (Wildman–Crippen LogP) is 3.86. The maximum atomic E-state index is 12.5. The Morgan fingerprint density at radius 2 is 1.84 bits per heavy atom. The molecule has 2 nitrogen and oxygen atoms in total. The van der Waals surface area contributed by atoms with E-state index in [9.17, 15) is 18.3 Å². The fraction of sp³-hybridized carbons (Fsp3) is 0.571. The summed E-state index contributed by atoms with van der Waals surface area (Å²) in [5.74, 6) is 0. The van der Waals surface area contributed by atoms with E-state index in [4.69, 9.17) is 4.74 Å². The van der Waals surface area contributed by atoms with Gasteiger partial charge in [-0.1, -0.05) is 6.07 Å². The Balaban J connectivity index is 2.97. The molecule has 5 heteroatoms. The normalized spacial score (nSPS) is 14.5. The van der Waals surface area contributed by atoms with Crippen molar-refractivity contribution in [2.45, 2.75) is 45.1 Å². The predicted molar refractivity (Wildman–Crippen MR) is 66.8 cm³/mol. The van der Waals surface area contributed by atoms with Crippen LogP contribution in [-0.2, 0) is 10.9 Å². The van der Waals surface area contributed by atoms with Crippen molar-refractivity contribution in [3.8, 4) is 0 Å². The van der Waals surface area contributed by atoms with Crippen molar-refractivity contribution in [3.63, 3.8) is 0 Å². The van der Waals surface area contributed by atoms with E-state index < -0.39 is 23.4 Å². The molecule has 1 atom stereocenters. The number of methoxy groups -OCH3 is 1. The van der Waals surface area contributed by atoms with Crippen LogP contribution in [0.2, 0.25) is 0 Å². The molecule has 0 aliphatic carbocycles. The van der Waals surface area contributed by atoms with Gasteiger partial charge in [0.15, 0.2) is 0 Å². The SMILES string of the molecule is COC(C)(C)CC(O)c1ccc(C(F)(F)F)cc1C. The first kappa shape index (κ1) is 16.0. The number of alkyl halides is 3. The van der Waals surface area contributed by atoms with Gasteiger partial charge < -0.3 is 9.84 Å². The molecule has 1 rings (SSSR count). The van der Waals surface area contributed by atoms with Crippen molar-refractivity contribution in [1.82, 2.24) is 0 Å². The smallest absolute Gasteiger partial charge is 0.388 e. The Hall–Kier alpha value is -1.07. The highest BCUT2D eigenvalue weighted by Gasteiger charge is 2.31. The lowest BCUT2D eigenvalue weighted by atomic mass is 9.92. The highest BCUT2D eigenvalue weighted by Crippen LogP contribution is 2.33. The topological polar surface area (TPSA) is 29.5 Å². The van der Waals surface area contributed by atoms with Crippen LogP contribution in [0.1, 0.15) is 43.1 Å². The van der Waals surface area contributed by atoms with Gasteiger partial charge in [-0.3, -0.25) is 0 Å². The summed E-state index contributed by atoms with van der Waals surface area (Å²) >= 11 is 0. The molecular formula is C14H19F3O2. The minimum absolute atomic E-state index is 0.315. The molecule has 1 aromatic carbocycles. The lowest BCUT2D eigenvalue weighted by molar-refractivity contribution is -0.137. The van der Waals surface area contributed by atoms with Crippen molar-refractivity contribution in [3.05, 3.63) is 34.9 Å². The summed E-state index contributed by atoms with van der Waals surface area (Å²) < 4.78 is 42.8. The Morgan fingerprint density at radius 3 is 2.26 bits per heavy atom. The molecule has 19 heavy (non-hydrogen) atoms. The molecule has 0 bridgehead atoms. The molecule has 1 unspecified atom stereocenters. The standard InChI is InChI=1S/C14H19F3O2/c1-9-7-10(14(15,16)17)5-6-11(9)12(18)8-13(2,3)19-4/h5-7,12,18H,8H2,1-4H3. The van der Waals surface area contributed by atoms with Crippen LogP contribution in [0, 0.1) is 6.92 Å². The number of benzene rings is 1. The Kier molecular flexibility index (Phi) is 4.63. The third kappa shape index (κ3) is 4.21. The fourth-order valence-electron chi connectivity index (χ4n) is 1.88. The summed E-state index contributed by atoms with van der Waals surface area (Å²) in [6, 6.07) is 3.37. The number of hydrogen-bond donors (Lipinski definition) is 1. The molecule has 0 aliphatic rings. The first-order valence-corrected chi connectivity index (χ1v) is 5.98. The summed E-state index contributed by atoms with van der Waals surface area (Å²) in [5.41, 5.74) is -0.312. The molecule has 0 aromatic heterocycles. The second-order valence-corrected chi connectivity index (χ2v) is 5.25. The van der Waals surface area contributed by atoms with Crippen LogP contribution >= 0.6 is 0 Å². The van der Waals surface area contributed by atoms with Gasteiger partial charge in [0, 0.05) is 13.5 Å². The third-order valence-electron chi connectivity index (χ3n) is 3.19. The number of halogens is 3. The molecule has 0 radical (unpaired) electrons. The quantitative estimate of drug-likeness (QED) is 0.904. The van der Waals surface area contributed by atoms with E-state index in [2.05, 4.69) is 0 Å².